The van der Waals surface area contributed by atoms with Gasteiger partial charge in [-0.3, -0.25) is 0 Å². The molecule has 88 valence electrons. The number of ether oxygens (including phenoxy) is 1. The molecule has 0 atom stereocenters. The molecule has 0 radical (unpaired) electrons. The van der Waals surface area contributed by atoms with Crippen LogP contribution in [0.2, 0.25) is 5.02 Å². The van der Waals surface area contributed by atoms with Crippen LogP contribution >= 0.6 is 27.5 Å². The van der Waals surface area contributed by atoms with Crippen molar-refractivity contribution < 1.29 is 4.74 Å². The molecule has 17 heavy (non-hydrogen) atoms. The highest BCUT2D eigenvalue weighted by Crippen LogP contribution is 2.25. The zero-order valence-electron chi connectivity index (χ0n) is 8.99. The molecule has 0 saturated heterocycles. The van der Waals surface area contributed by atoms with Crippen molar-refractivity contribution >= 4 is 33.2 Å². The van der Waals surface area contributed by atoms with Crippen molar-refractivity contribution in [3.63, 3.8) is 0 Å². The number of rotatable bonds is 3. The predicted octanol–water partition coefficient (Wildman–Crippen LogP) is 4.26. The number of benzene rings is 2. The van der Waals surface area contributed by atoms with Crippen LogP contribution in [0, 0.1) is 0 Å². The van der Waals surface area contributed by atoms with E-state index in [0.29, 0.717) is 17.3 Å². The number of hydrogen-bond donors (Lipinski definition) is 1. The van der Waals surface area contributed by atoms with Crippen LogP contribution in [0.3, 0.4) is 0 Å². The summed E-state index contributed by atoms with van der Waals surface area (Å²) >= 11 is 9.23. The highest BCUT2D eigenvalue weighted by atomic mass is 79.9. The lowest BCUT2D eigenvalue weighted by Gasteiger charge is -2.09. The van der Waals surface area contributed by atoms with E-state index in [0.717, 1.165) is 15.8 Å². The molecular weight excluding hydrogens is 302 g/mol. The van der Waals surface area contributed by atoms with Crippen LogP contribution in [0.1, 0.15) is 5.56 Å². The molecule has 2 aromatic carbocycles. The lowest BCUT2D eigenvalue weighted by atomic mass is 10.2. The molecule has 2 aromatic rings. The third kappa shape index (κ3) is 3.14. The fourth-order valence-corrected chi connectivity index (χ4v) is 1.91. The summed E-state index contributed by atoms with van der Waals surface area (Å²) in [4.78, 5) is 0. The van der Waals surface area contributed by atoms with Gasteiger partial charge in [0.15, 0.2) is 0 Å². The van der Waals surface area contributed by atoms with Gasteiger partial charge in [-0.05, 0) is 46.3 Å². The second-order valence-electron chi connectivity index (χ2n) is 3.56. The lowest BCUT2D eigenvalue weighted by Crippen LogP contribution is -1.98. The lowest BCUT2D eigenvalue weighted by molar-refractivity contribution is 0.305. The number of hydrogen-bond acceptors (Lipinski definition) is 2. The van der Waals surface area contributed by atoms with Gasteiger partial charge in [-0.25, -0.2) is 0 Å². The summed E-state index contributed by atoms with van der Waals surface area (Å²) < 4.78 is 6.52. The second kappa shape index (κ2) is 5.43. The third-order valence-electron chi connectivity index (χ3n) is 2.32. The van der Waals surface area contributed by atoms with E-state index >= 15 is 0 Å². The Hall–Kier alpha value is -1.19. The van der Waals surface area contributed by atoms with Gasteiger partial charge < -0.3 is 10.5 Å². The summed E-state index contributed by atoms with van der Waals surface area (Å²) in [6, 6.07) is 13.0. The van der Waals surface area contributed by atoms with Gasteiger partial charge in [0.2, 0.25) is 0 Å². The summed E-state index contributed by atoms with van der Waals surface area (Å²) in [7, 11) is 0. The summed E-state index contributed by atoms with van der Waals surface area (Å²) in [6.45, 7) is 0.466. The molecule has 2 N–H and O–H groups in total. The van der Waals surface area contributed by atoms with Crippen molar-refractivity contribution in [3.8, 4) is 5.75 Å². The zero-order valence-corrected chi connectivity index (χ0v) is 11.3. The molecule has 2 rings (SSSR count). The van der Waals surface area contributed by atoms with Gasteiger partial charge in [0, 0.05) is 20.7 Å². The van der Waals surface area contributed by atoms with E-state index in [2.05, 4.69) is 15.9 Å². The first-order chi connectivity index (χ1) is 8.16. The summed E-state index contributed by atoms with van der Waals surface area (Å²) in [5.74, 6) is 0.781. The van der Waals surface area contributed by atoms with Crippen LogP contribution < -0.4 is 10.5 Å². The summed E-state index contributed by atoms with van der Waals surface area (Å²) in [5, 5.41) is 0.697. The van der Waals surface area contributed by atoms with Gasteiger partial charge >= 0.3 is 0 Å². The van der Waals surface area contributed by atoms with E-state index in [9.17, 15) is 0 Å². The molecular formula is C13H11BrClNO. The zero-order chi connectivity index (χ0) is 12.3. The molecule has 0 spiro atoms. The first-order valence-electron chi connectivity index (χ1n) is 5.08. The quantitative estimate of drug-likeness (QED) is 0.859. The smallest absolute Gasteiger partial charge is 0.119 e. The predicted molar refractivity (Wildman–Crippen MR) is 74.3 cm³/mol. The minimum atomic E-state index is 0.466. The fourth-order valence-electron chi connectivity index (χ4n) is 1.40. The minimum absolute atomic E-state index is 0.466. The van der Waals surface area contributed by atoms with Crippen LogP contribution in [0.5, 0.6) is 5.75 Å². The van der Waals surface area contributed by atoms with Crippen LogP contribution in [0.25, 0.3) is 0 Å². The number of anilines is 1. The van der Waals surface area contributed by atoms with Gasteiger partial charge in [0.25, 0.3) is 0 Å². The SMILES string of the molecule is Nc1cccc(COc2ccc(Cl)cc2)c1Br. The van der Waals surface area contributed by atoms with Crippen molar-refractivity contribution in [2.24, 2.45) is 0 Å². The van der Waals surface area contributed by atoms with Crippen molar-refractivity contribution in [2.45, 2.75) is 6.61 Å². The van der Waals surface area contributed by atoms with Crippen molar-refractivity contribution in [1.82, 2.24) is 0 Å². The highest BCUT2D eigenvalue weighted by Gasteiger charge is 2.03. The van der Waals surface area contributed by atoms with Gasteiger partial charge in [-0.15, -0.1) is 0 Å². The summed E-state index contributed by atoms with van der Waals surface area (Å²) in [5.41, 5.74) is 7.51. The molecule has 0 unspecified atom stereocenters. The van der Waals surface area contributed by atoms with Crippen LogP contribution in [0.15, 0.2) is 46.9 Å². The maximum Gasteiger partial charge on any atom is 0.119 e. The average Bonchev–Trinajstić information content (AvgIpc) is 2.33. The van der Waals surface area contributed by atoms with Crippen LogP contribution in [-0.2, 0) is 6.61 Å². The Balaban J connectivity index is 2.07. The van der Waals surface area contributed by atoms with E-state index in [-0.39, 0.29) is 0 Å². The Morgan fingerprint density at radius 1 is 1.12 bits per heavy atom. The second-order valence-corrected chi connectivity index (χ2v) is 4.79. The molecule has 0 aliphatic heterocycles. The molecule has 0 heterocycles. The number of nitrogen functional groups attached to an aromatic ring is 1. The molecule has 2 nitrogen and oxygen atoms in total. The topological polar surface area (TPSA) is 35.2 Å². The first kappa shape index (κ1) is 12.3. The highest BCUT2D eigenvalue weighted by molar-refractivity contribution is 9.10. The Morgan fingerprint density at radius 3 is 2.53 bits per heavy atom. The largest absolute Gasteiger partial charge is 0.489 e. The summed E-state index contributed by atoms with van der Waals surface area (Å²) in [6.07, 6.45) is 0. The first-order valence-corrected chi connectivity index (χ1v) is 6.25. The van der Waals surface area contributed by atoms with Gasteiger partial charge in [0.1, 0.15) is 12.4 Å². The molecule has 0 fully saturated rings. The van der Waals surface area contributed by atoms with Gasteiger partial charge in [-0.2, -0.15) is 0 Å². The van der Waals surface area contributed by atoms with Crippen LogP contribution in [-0.4, -0.2) is 0 Å². The normalized spacial score (nSPS) is 10.2. The third-order valence-corrected chi connectivity index (χ3v) is 3.54. The Bertz CT molecular complexity index is 513. The molecule has 0 aliphatic carbocycles. The minimum Gasteiger partial charge on any atom is -0.489 e. The van der Waals surface area contributed by atoms with E-state index in [1.165, 1.54) is 0 Å². The molecule has 0 amide bonds. The van der Waals surface area contributed by atoms with Crippen LogP contribution in [0.4, 0.5) is 5.69 Å². The van der Waals surface area contributed by atoms with E-state index in [1.807, 2.05) is 30.3 Å². The maximum atomic E-state index is 5.80. The van der Waals surface area contributed by atoms with Crippen molar-refractivity contribution in [3.05, 3.63) is 57.5 Å². The Kier molecular flexibility index (Phi) is 3.92. The van der Waals surface area contributed by atoms with E-state index in [4.69, 9.17) is 22.1 Å². The monoisotopic (exact) mass is 311 g/mol. The standard InChI is InChI=1S/C13H11BrClNO/c14-13-9(2-1-3-12(13)16)8-17-11-6-4-10(15)5-7-11/h1-7H,8,16H2. The van der Waals surface area contributed by atoms with Gasteiger partial charge in [-0.1, -0.05) is 23.7 Å². The number of nitrogens with two attached hydrogens (primary N) is 1. The molecule has 0 saturated carbocycles. The molecule has 4 heteroatoms. The Labute approximate surface area is 113 Å². The van der Waals surface area contributed by atoms with E-state index in [1.54, 1.807) is 12.1 Å². The molecule has 0 aromatic heterocycles. The number of halogens is 2. The average molecular weight is 313 g/mol. The van der Waals surface area contributed by atoms with Crippen molar-refractivity contribution in [2.75, 3.05) is 5.73 Å². The molecule has 0 bridgehead atoms. The van der Waals surface area contributed by atoms with E-state index < -0.39 is 0 Å². The molecule has 0 aliphatic rings. The van der Waals surface area contributed by atoms with Gasteiger partial charge in [0.05, 0.1) is 0 Å². The fraction of sp³-hybridized carbons (Fsp3) is 0.0769. The Morgan fingerprint density at radius 2 is 1.82 bits per heavy atom. The maximum absolute atomic E-state index is 5.80. The van der Waals surface area contributed by atoms with Crippen molar-refractivity contribution in [1.29, 1.82) is 0 Å².